The van der Waals surface area contributed by atoms with Gasteiger partial charge in [-0.1, -0.05) is 30.4 Å². The first-order chi connectivity index (χ1) is 8.42. The van der Waals surface area contributed by atoms with Crippen molar-refractivity contribution in [2.24, 2.45) is 0 Å². The van der Waals surface area contributed by atoms with Gasteiger partial charge in [-0.05, 0) is 12.1 Å². The molecule has 1 aromatic rings. The topological polar surface area (TPSA) is 72.5 Å². The highest BCUT2D eigenvalue weighted by Gasteiger charge is 2.15. The maximum Gasteiger partial charge on any atom is 0.338 e. The summed E-state index contributed by atoms with van der Waals surface area (Å²) in [5.74, 6) is -0.544. The lowest BCUT2D eigenvalue weighted by molar-refractivity contribution is 0.0443. The summed E-state index contributed by atoms with van der Waals surface area (Å²) >= 11 is 4.69. The van der Waals surface area contributed by atoms with E-state index in [0.29, 0.717) is 5.56 Å². The van der Waals surface area contributed by atoms with E-state index in [2.05, 4.69) is 4.72 Å². The Morgan fingerprint density at radius 3 is 2.56 bits per heavy atom. The van der Waals surface area contributed by atoms with Crippen LogP contribution in [0.5, 0.6) is 0 Å². The molecule has 0 aliphatic carbocycles. The van der Waals surface area contributed by atoms with E-state index >= 15 is 0 Å². The summed E-state index contributed by atoms with van der Waals surface area (Å²) in [6, 6.07) is 8.40. The summed E-state index contributed by atoms with van der Waals surface area (Å²) in [7, 11) is -3.34. The quantitative estimate of drug-likeness (QED) is 0.618. The monoisotopic (exact) mass is 287 g/mol. The molecule has 1 N–H and O–H groups in total. The normalized spacial score (nSPS) is 12.7. The van der Waals surface area contributed by atoms with Gasteiger partial charge in [0, 0.05) is 5.37 Å². The highest BCUT2D eigenvalue weighted by Crippen LogP contribution is 2.03. The Kier molecular flexibility index (Phi) is 5.39. The van der Waals surface area contributed by atoms with Crippen LogP contribution in [0.1, 0.15) is 10.4 Å². The Morgan fingerprint density at radius 2 is 2.06 bits per heavy atom. The molecular weight excluding hydrogens is 274 g/mol. The molecule has 0 aliphatic heterocycles. The zero-order valence-electron chi connectivity index (χ0n) is 9.70. The van der Waals surface area contributed by atoms with Gasteiger partial charge in [-0.3, -0.25) is 0 Å². The van der Waals surface area contributed by atoms with Crippen LogP contribution in [0.4, 0.5) is 0 Å². The van der Waals surface area contributed by atoms with E-state index in [0.717, 1.165) is 6.26 Å². The van der Waals surface area contributed by atoms with Gasteiger partial charge in [0.2, 0.25) is 10.0 Å². The van der Waals surface area contributed by atoms with Crippen LogP contribution in [0, 0.1) is 0 Å². The molecule has 0 fully saturated rings. The van der Waals surface area contributed by atoms with Gasteiger partial charge in [0.1, 0.15) is 6.10 Å². The number of thiocarbonyl (C=S) groups is 1. The van der Waals surface area contributed by atoms with Gasteiger partial charge in [0.15, 0.2) is 0 Å². The Balaban J connectivity index is 2.59. The van der Waals surface area contributed by atoms with Gasteiger partial charge in [-0.2, -0.15) is 0 Å². The predicted molar refractivity (Wildman–Crippen MR) is 72.1 cm³/mol. The molecule has 0 amide bonds. The van der Waals surface area contributed by atoms with Crippen molar-refractivity contribution in [1.82, 2.24) is 4.72 Å². The molecule has 0 radical (unpaired) electrons. The lowest BCUT2D eigenvalue weighted by Crippen LogP contribution is -2.34. The lowest BCUT2D eigenvalue weighted by Gasteiger charge is -2.13. The summed E-state index contributed by atoms with van der Waals surface area (Å²) in [6.45, 7) is -0.0685. The van der Waals surface area contributed by atoms with Crippen molar-refractivity contribution < 1.29 is 17.9 Å². The molecule has 0 aromatic heterocycles. The van der Waals surface area contributed by atoms with Crippen LogP contribution in [0.15, 0.2) is 30.3 Å². The van der Waals surface area contributed by atoms with Crippen molar-refractivity contribution in [3.63, 3.8) is 0 Å². The zero-order valence-corrected chi connectivity index (χ0v) is 11.3. The van der Waals surface area contributed by atoms with Crippen LogP contribution in [-0.4, -0.2) is 38.7 Å². The number of nitrogens with one attached hydrogen (secondary N) is 1. The largest absolute Gasteiger partial charge is 0.452 e. The fourth-order valence-corrected chi connectivity index (χ4v) is 1.75. The minimum atomic E-state index is -3.34. The number of esters is 1. The van der Waals surface area contributed by atoms with Gasteiger partial charge in [0.25, 0.3) is 0 Å². The minimum absolute atomic E-state index is 0.0685. The summed E-state index contributed by atoms with van der Waals surface area (Å²) in [5, 5.41) is 1.21. The Morgan fingerprint density at radius 1 is 1.44 bits per heavy atom. The molecule has 0 heterocycles. The van der Waals surface area contributed by atoms with Crippen molar-refractivity contribution in [3.8, 4) is 0 Å². The average molecular weight is 287 g/mol. The van der Waals surface area contributed by atoms with E-state index in [1.165, 1.54) is 5.37 Å². The van der Waals surface area contributed by atoms with Crippen molar-refractivity contribution >= 4 is 33.6 Å². The zero-order chi connectivity index (χ0) is 13.6. The minimum Gasteiger partial charge on any atom is -0.452 e. The van der Waals surface area contributed by atoms with E-state index in [1.54, 1.807) is 30.3 Å². The molecule has 98 valence electrons. The number of carbonyl (C=O) groups excluding carboxylic acids is 1. The number of hydrogen-bond acceptors (Lipinski definition) is 5. The second kappa shape index (κ2) is 6.58. The summed E-state index contributed by atoms with van der Waals surface area (Å²) in [6.07, 6.45) is 0.245. The van der Waals surface area contributed by atoms with Crippen LogP contribution in [-0.2, 0) is 14.8 Å². The number of sulfonamides is 1. The molecule has 0 saturated heterocycles. The number of hydrogen-bond donors (Lipinski definition) is 1. The SMILES string of the molecule is CS(=O)(=O)NCC(C=S)OC(=O)c1ccccc1. The van der Waals surface area contributed by atoms with Crippen LogP contribution in [0.25, 0.3) is 0 Å². The molecule has 7 heteroatoms. The van der Waals surface area contributed by atoms with Crippen molar-refractivity contribution in [1.29, 1.82) is 0 Å². The molecule has 5 nitrogen and oxygen atoms in total. The van der Waals surface area contributed by atoms with E-state index in [9.17, 15) is 13.2 Å². The van der Waals surface area contributed by atoms with Gasteiger partial charge in [-0.15, -0.1) is 0 Å². The molecule has 18 heavy (non-hydrogen) atoms. The number of benzene rings is 1. The summed E-state index contributed by atoms with van der Waals surface area (Å²) in [5.41, 5.74) is 0.388. The van der Waals surface area contributed by atoms with Gasteiger partial charge in [0.05, 0.1) is 18.4 Å². The first kappa shape index (κ1) is 14.7. The molecule has 0 aliphatic rings. The van der Waals surface area contributed by atoms with E-state index in [-0.39, 0.29) is 6.54 Å². The first-order valence-corrected chi connectivity index (χ1v) is 7.44. The van der Waals surface area contributed by atoms with Crippen molar-refractivity contribution in [2.75, 3.05) is 12.8 Å². The smallest absolute Gasteiger partial charge is 0.338 e. The molecule has 1 unspecified atom stereocenters. The summed E-state index contributed by atoms with van der Waals surface area (Å²) in [4.78, 5) is 11.7. The van der Waals surface area contributed by atoms with Gasteiger partial charge in [-0.25, -0.2) is 17.9 Å². The highest BCUT2D eigenvalue weighted by molar-refractivity contribution is 7.88. The molecule has 0 spiro atoms. The molecule has 0 bridgehead atoms. The molecule has 1 aromatic carbocycles. The molecular formula is C11H13NO4S2. The average Bonchev–Trinajstić information content (AvgIpc) is 2.34. The standard InChI is InChI=1S/C11H13NO4S2/c1-18(14,15)12-7-10(8-17)16-11(13)9-5-3-2-4-6-9/h2-6,8,10,12H,7H2,1H3. The second-order valence-corrected chi connectivity index (χ2v) is 5.67. The fourth-order valence-electron chi connectivity index (χ4n) is 1.13. The van der Waals surface area contributed by atoms with E-state index < -0.39 is 22.1 Å². The number of rotatable bonds is 6. The van der Waals surface area contributed by atoms with Crippen LogP contribution in [0.3, 0.4) is 0 Å². The molecule has 1 rings (SSSR count). The van der Waals surface area contributed by atoms with Gasteiger partial charge >= 0.3 is 5.97 Å². The van der Waals surface area contributed by atoms with Crippen LogP contribution < -0.4 is 4.72 Å². The third-order valence-corrected chi connectivity index (χ3v) is 2.96. The predicted octanol–water partition coefficient (Wildman–Crippen LogP) is 0.761. The molecule has 0 saturated carbocycles. The maximum atomic E-state index is 11.7. The fraction of sp³-hybridized carbons (Fsp3) is 0.273. The van der Waals surface area contributed by atoms with Gasteiger partial charge < -0.3 is 4.74 Å². The lowest BCUT2D eigenvalue weighted by atomic mass is 10.2. The number of ether oxygens (including phenoxy) is 1. The van der Waals surface area contributed by atoms with E-state index in [4.69, 9.17) is 17.0 Å². The highest BCUT2D eigenvalue weighted by atomic mass is 32.2. The Labute approximate surface area is 111 Å². The first-order valence-electron chi connectivity index (χ1n) is 5.08. The van der Waals surface area contributed by atoms with Crippen molar-refractivity contribution in [3.05, 3.63) is 35.9 Å². The summed E-state index contributed by atoms with van der Waals surface area (Å²) < 4.78 is 29.1. The Bertz CT molecular complexity index is 513. The van der Waals surface area contributed by atoms with Crippen molar-refractivity contribution in [2.45, 2.75) is 6.10 Å². The molecule has 1 atom stereocenters. The second-order valence-electron chi connectivity index (χ2n) is 3.57. The number of carbonyl (C=O) groups is 1. The maximum absolute atomic E-state index is 11.7. The van der Waals surface area contributed by atoms with Crippen LogP contribution in [0.2, 0.25) is 0 Å². The van der Waals surface area contributed by atoms with Crippen LogP contribution >= 0.6 is 12.2 Å². The third kappa shape index (κ3) is 5.35. The van der Waals surface area contributed by atoms with E-state index in [1.807, 2.05) is 0 Å². The Hall–Kier alpha value is -1.31. The third-order valence-electron chi connectivity index (χ3n) is 1.97.